The largest absolute Gasteiger partial charge is 0.386 e. The fraction of sp³-hybridized carbons (Fsp3) is 0.163. The number of rotatable bonds is 13. The molecule has 6 aromatic carbocycles. The van der Waals surface area contributed by atoms with Crippen LogP contribution in [-0.4, -0.2) is 56.7 Å². The number of fused-ring (bicyclic) bond motifs is 1. The Labute approximate surface area is 337 Å². The Hall–Kier alpha value is -6.49. The quantitative estimate of drug-likeness (QED) is 0.113. The molecule has 1 aliphatic heterocycles. The van der Waals surface area contributed by atoms with Crippen LogP contribution in [0.4, 0.5) is 5.82 Å². The Morgan fingerprint density at radius 1 is 0.603 bits per heavy atom. The molecule has 3 heterocycles. The molecule has 9 heteroatoms. The zero-order valence-corrected chi connectivity index (χ0v) is 32.0. The Morgan fingerprint density at radius 2 is 1.03 bits per heavy atom. The molecule has 2 unspecified atom stereocenters. The third-order valence-electron chi connectivity index (χ3n) is 11.1. The van der Waals surface area contributed by atoms with Crippen LogP contribution >= 0.6 is 0 Å². The summed E-state index contributed by atoms with van der Waals surface area (Å²) in [6.45, 7) is 0.104. The standard InChI is InChI=1S/C49H43N5O4/c1-56-44-41(32-57-49(38-26-14-5-15-27-38,39-28-16-6-17-29-39)40-30-18-7-19-31-40)58-47(43(44)55)54-34-52-42-45(50-33-51-46(42)54)53-48(35-20-8-2-9-21-35,36-22-10-3-11-23-36)37-24-12-4-13-25-37/h2-31,33-34,41,43-44,47,55H,32H2,1H3,(H,50,51,53)/t41-,43?,44?,47-/m1/s1. The molecule has 9 rings (SSSR count). The van der Waals surface area contributed by atoms with Gasteiger partial charge in [-0.1, -0.05) is 182 Å². The number of anilines is 1. The first-order valence-corrected chi connectivity index (χ1v) is 19.4. The van der Waals surface area contributed by atoms with Gasteiger partial charge in [-0.2, -0.15) is 0 Å². The van der Waals surface area contributed by atoms with Gasteiger partial charge >= 0.3 is 0 Å². The van der Waals surface area contributed by atoms with Gasteiger partial charge in [-0.05, 0) is 33.4 Å². The SMILES string of the molecule is COC1C(O)[C@H](n2cnc3c(NC(c4ccccc4)(c4ccccc4)c4ccccc4)ncnc32)O[C@@H]1COC(c1ccccc1)(c1ccccc1)c1ccccc1. The number of aliphatic hydroxyl groups excluding tert-OH is 1. The summed E-state index contributed by atoms with van der Waals surface area (Å²) in [5.41, 5.74) is 5.16. The monoisotopic (exact) mass is 765 g/mol. The summed E-state index contributed by atoms with van der Waals surface area (Å²) < 4.78 is 21.6. The number of aliphatic hydroxyl groups is 1. The van der Waals surface area contributed by atoms with Crippen molar-refractivity contribution < 1.29 is 19.3 Å². The Bertz CT molecular complexity index is 2350. The molecule has 2 aromatic heterocycles. The fourth-order valence-corrected chi connectivity index (χ4v) is 8.44. The van der Waals surface area contributed by atoms with Crippen LogP contribution in [-0.2, 0) is 25.4 Å². The summed E-state index contributed by atoms with van der Waals surface area (Å²) in [5, 5.41) is 15.8. The van der Waals surface area contributed by atoms with Crippen LogP contribution in [0.3, 0.4) is 0 Å². The van der Waals surface area contributed by atoms with Gasteiger partial charge in [0.1, 0.15) is 35.8 Å². The van der Waals surface area contributed by atoms with Gasteiger partial charge in [0.15, 0.2) is 23.2 Å². The van der Waals surface area contributed by atoms with Crippen LogP contribution in [0.25, 0.3) is 11.2 Å². The Balaban J connectivity index is 1.08. The van der Waals surface area contributed by atoms with Crippen LogP contribution in [0.2, 0.25) is 0 Å². The molecule has 0 amide bonds. The van der Waals surface area contributed by atoms with Crippen molar-refractivity contribution in [2.45, 2.75) is 35.7 Å². The summed E-state index contributed by atoms with van der Waals surface area (Å²) >= 11 is 0. The van der Waals surface area contributed by atoms with Crippen molar-refractivity contribution in [1.82, 2.24) is 19.5 Å². The maximum Gasteiger partial charge on any atom is 0.167 e. The number of nitrogens with one attached hydrogen (secondary N) is 1. The molecule has 4 atom stereocenters. The van der Waals surface area contributed by atoms with Crippen LogP contribution in [0.5, 0.6) is 0 Å². The van der Waals surface area contributed by atoms with E-state index in [1.54, 1.807) is 18.0 Å². The summed E-state index contributed by atoms with van der Waals surface area (Å²) in [4.78, 5) is 14.3. The van der Waals surface area contributed by atoms with Crippen LogP contribution in [0, 0.1) is 0 Å². The number of nitrogens with zero attached hydrogens (tertiary/aromatic N) is 4. The van der Waals surface area contributed by atoms with Crippen LogP contribution in [0.1, 0.15) is 39.6 Å². The molecule has 0 bridgehead atoms. The molecule has 58 heavy (non-hydrogen) atoms. The van der Waals surface area contributed by atoms with Crippen molar-refractivity contribution in [3.63, 3.8) is 0 Å². The van der Waals surface area contributed by atoms with Gasteiger partial charge in [-0.15, -0.1) is 0 Å². The zero-order valence-electron chi connectivity index (χ0n) is 32.0. The second kappa shape index (κ2) is 16.2. The third-order valence-corrected chi connectivity index (χ3v) is 11.1. The maximum atomic E-state index is 11.9. The van der Waals surface area contributed by atoms with Gasteiger partial charge in [0.25, 0.3) is 0 Å². The second-order valence-corrected chi connectivity index (χ2v) is 14.4. The highest BCUT2D eigenvalue weighted by Crippen LogP contribution is 2.44. The normalized spacial score (nSPS) is 18.3. The van der Waals surface area contributed by atoms with Crippen LogP contribution < -0.4 is 5.32 Å². The summed E-state index contributed by atoms with van der Waals surface area (Å²) in [6, 6.07) is 61.5. The van der Waals surface area contributed by atoms with Gasteiger partial charge in [0, 0.05) is 7.11 Å². The average molecular weight is 766 g/mol. The average Bonchev–Trinajstić information content (AvgIpc) is 3.88. The lowest BCUT2D eigenvalue weighted by molar-refractivity contribution is -0.0981. The zero-order chi connectivity index (χ0) is 39.4. The number of ether oxygens (including phenoxy) is 3. The molecule has 2 N–H and O–H groups in total. The first-order chi connectivity index (χ1) is 28.6. The molecule has 9 nitrogen and oxygen atoms in total. The lowest BCUT2D eigenvalue weighted by Crippen LogP contribution is -2.40. The van der Waals surface area contributed by atoms with Crippen LogP contribution in [0.15, 0.2) is 195 Å². The molecule has 1 fully saturated rings. The van der Waals surface area contributed by atoms with Crippen molar-refractivity contribution in [3.8, 4) is 0 Å². The van der Waals surface area contributed by atoms with Gasteiger partial charge in [-0.3, -0.25) is 4.57 Å². The van der Waals surface area contributed by atoms with E-state index < -0.39 is 35.7 Å². The first kappa shape index (κ1) is 37.1. The first-order valence-electron chi connectivity index (χ1n) is 19.4. The van der Waals surface area contributed by atoms with E-state index >= 15 is 0 Å². The van der Waals surface area contributed by atoms with E-state index in [4.69, 9.17) is 29.2 Å². The maximum absolute atomic E-state index is 11.9. The molecule has 0 saturated carbocycles. The molecule has 0 radical (unpaired) electrons. The van der Waals surface area contributed by atoms with E-state index in [0.717, 1.165) is 33.4 Å². The molecule has 8 aromatic rings. The van der Waals surface area contributed by atoms with Gasteiger partial charge in [-0.25, -0.2) is 15.0 Å². The number of benzene rings is 6. The minimum absolute atomic E-state index is 0.104. The Kier molecular flexibility index (Phi) is 10.3. The highest BCUT2D eigenvalue weighted by molar-refractivity contribution is 5.84. The van der Waals surface area contributed by atoms with Crippen molar-refractivity contribution in [1.29, 1.82) is 0 Å². The molecular formula is C49H43N5O4. The minimum atomic E-state index is -1.07. The molecule has 1 aliphatic rings. The van der Waals surface area contributed by atoms with Gasteiger partial charge < -0.3 is 24.6 Å². The summed E-state index contributed by atoms with van der Waals surface area (Å²) in [7, 11) is 1.58. The predicted octanol–water partition coefficient (Wildman–Crippen LogP) is 8.51. The smallest absolute Gasteiger partial charge is 0.167 e. The van der Waals surface area contributed by atoms with E-state index in [1.165, 1.54) is 6.33 Å². The summed E-state index contributed by atoms with van der Waals surface area (Å²) in [5.74, 6) is 0.523. The molecule has 1 saturated heterocycles. The van der Waals surface area contributed by atoms with E-state index in [9.17, 15) is 5.11 Å². The van der Waals surface area contributed by atoms with Crippen molar-refractivity contribution in [2.24, 2.45) is 0 Å². The molecule has 0 aliphatic carbocycles. The topological polar surface area (TPSA) is 104 Å². The number of aromatic nitrogens is 4. The van der Waals surface area contributed by atoms with Crippen molar-refractivity contribution in [3.05, 3.63) is 228 Å². The van der Waals surface area contributed by atoms with Crippen molar-refractivity contribution in [2.75, 3.05) is 19.0 Å². The van der Waals surface area contributed by atoms with E-state index in [-0.39, 0.29) is 6.61 Å². The molecule has 288 valence electrons. The Morgan fingerprint density at radius 3 is 1.47 bits per heavy atom. The van der Waals surface area contributed by atoms with E-state index in [1.807, 2.05) is 109 Å². The lowest BCUT2D eigenvalue weighted by atomic mass is 9.77. The lowest BCUT2D eigenvalue weighted by Gasteiger charge is -2.37. The predicted molar refractivity (Wildman–Crippen MR) is 224 cm³/mol. The second-order valence-electron chi connectivity index (χ2n) is 14.4. The molecular weight excluding hydrogens is 723 g/mol. The minimum Gasteiger partial charge on any atom is -0.386 e. The highest BCUT2D eigenvalue weighted by Gasteiger charge is 2.48. The summed E-state index contributed by atoms with van der Waals surface area (Å²) in [6.07, 6.45) is -0.167. The number of imidazole rings is 1. The van der Waals surface area contributed by atoms with E-state index in [2.05, 4.69) is 78.1 Å². The number of hydrogen-bond donors (Lipinski definition) is 2. The van der Waals surface area contributed by atoms with E-state index in [0.29, 0.717) is 17.0 Å². The highest BCUT2D eigenvalue weighted by atomic mass is 16.6. The van der Waals surface area contributed by atoms with Gasteiger partial charge in [0.2, 0.25) is 0 Å². The van der Waals surface area contributed by atoms with Gasteiger partial charge in [0.05, 0.1) is 12.9 Å². The number of hydrogen-bond acceptors (Lipinski definition) is 8. The fourth-order valence-electron chi connectivity index (χ4n) is 8.44. The third kappa shape index (κ3) is 6.54. The number of methoxy groups -OCH3 is 1. The molecule has 0 spiro atoms. The van der Waals surface area contributed by atoms with Crippen molar-refractivity contribution >= 4 is 17.0 Å².